The molecule has 5 aliphatic rings. The maximum atomic E-state index is 14.4. The highest BCUT2D eigenvalue weighted by molar-refractivity contribution is 7.92. The van der Waals surface area contributed by atoms with Crippen LogP contribution in [0.2, 0.25) is 0 Å². The fourth-order valence-electron chi connectivity index (χ4n) is 9.15. The number of Topliss-reactive ketones (excluding diaryl/α,β-unsaturated/α-hetero) is 1. The van der Waals surface area contributed by atoms with Gasteiger partial charge in [0, 0.05) is 13.1 Å². The second kappa shape index (κ2) is 14.9. The van der Waals surface area contributed by atoms with E-state index < -0.39 is 62.4 Å². The Bertz CT molecular complexity index is 1370. The smallest absolute Gasteiger partial charge is 0.315 e. The van der Waals surface area contributed by atoms with E-state index in [2.05, 4.69) is 41.7 Å². The molecule has 0 aromatic carbocycles. The molecule has 3 saturated heterocycles. The SMILES string of the molecule is C=CCNC(=O)C(=O)[C@H]1CCCCCCCC[C@@H](NC(=O)NC2([C@H]3CCCS3(=O)=O)CCCCC2)C(=O)N2C[C@H]3[C@@H]([C@H]2C(=O)N1)C3(C)C. The normalized spacial score (nSPS) is 33.1. The van der Waals surface area contributed by atoms with E-state index in [4.69, 9.17) is 0 Å². The van der Waals surface area contributed by atoms with Crippen LogP contribution in [0.4, 0.5) is 4.79 Å². The van der Waals surface area contributed by atoms with Crippen LogP contribution in [0.25, 0.3) is 0 Å². The van der Waals surface area contributed by atoms with Crippen molar-refractivity contribution in [3.8, 4) is 0 Å². The Hall–Kier alpha value is -2.96. The number of hydrogen-bond donors (Lipinski definition) is 4. The quantitative estimate of drug-likeness (QED) is 0.235. The van der Waals surface area contributed by atoms with Gasteiger partial charge >= 0.3 is 6.03 Å². The first-order valence-corrected chi connectivity index (χ1v) is 19.9. The molecule has 2 aliphatic carbocycles. The monoisotopic (exact) mass is 689 g/mol. The highest BCUT2D eigenvalue weighted by atomic mass is 32.2. The standard InChI is InChI=1S/C35H55N5O7S/c1-4-20-36-31(43)29(41)24-15-10-7-5-6-8-11-16-25(32(44)40-22-23-27(34(23,2)3)28(40)30(42)37-24)38-33(45)39-35(18-12-9-13-19-35)26-17-14-21-48(26,46)47/h4,23-28H,1,5-22H2,2-3H3,(H,36,43)(H,37,42)(H2,38,39,45)/t23-,24+,25+,26+,27-,28-/m0/s1. The Morgan fingerprint density at radius 3 is 2.23 bits per heavy atom. The average molecular weight is 690 g/mol. The van der Waals surface area contributed by atoms with Crippen molar-refractivity contribution in [2.24, 2.45) is 17.3 Å². The minimum absolute atomic E-state index is 0.0914. The molecule has 0 aromatic heterocycles. The van der Waals surface area contributed by atoms with Crippen molar-refractivity contribution < 1.29 is 32.4 Å². The maximum Gasteiger partial charge on any atom is 0.315 e. The van der Waals surface area contributed by atoms with E-state index in [-0.39, 0.29) is 35.5 Å². The first kappa shape index (κ1) is 36.3. The van der Waals surface area contributed by atoms with Crippen molar-refractivity contribution in [1.29, 1.82) is 0 Å². The van der Waals surface area contributed by atoms with Crippen molar-refractivity contribution in [3.63, 3.8) is 0 Å². The molecule has 268 valence electrons. The van der Waals surface area contributed by atoms with Crippen LogP contribution in [0.3, 0.4) is 0 Å². The van der Waals surface area contributed by atoms with Crippen LogP contribution in [0.1, 0.15) is 110 Å². The van der Waals surface area contributed by atoms with E-state index in [9.17, 15) is 32.4 Å². The van der Waals surface area contributed by atoms with Gasteiger partial charge in [0.2, 0.25) is 17.6 Å². The number of piperidine rings is 1. The van der Waals surface area contributed by atoms with Gasteiger partial charge in [-0.1, -0.05) is 77.7 Å². The molecule has 12 nitrogen and oxygen atoms in total. The van der Waals surface area contributed by atoms with Crippen molar-refractivity contribution >= 4 is 39.4 Å². The van der Waals surface area contributed by atoms with Gasteiger partial charge in [0.15, 0.2) is 9.84 Å². The number of sulfone groups is 1. The van der Waals surface area contributed by atoms with E-state index in [1.165, 1.54) is 6.08 Å². The van der Waals surface area contributed by atoms with Crippen molar-refractivity contribution in [1.82, 2.24) is 26.2 Å². The molecule has 2 saturated carbocycles. The fraction of sp³-hybridized carbons (Fsp3) is 0.800. The number of nitrogens with one attached hydrogen (secondary N) is 4. The fourth-order valence-corrected chi connectivity index (χ4v) is 11.5. The molecule has 6 atom stereocenters. The Kier molecular flexibility index (Phi) is 11.3. The number of ketones is 1. The van der Waals surface area contributed by atoms with Gasteiger partial charge in [0.1, 0.15) is 12.1 Å². The summed E-state index contributed by atoms with van der Waals surface area (Å²) in [7, 11) is -3.34. The summed E-state index contributed by atoms with van der Waals surface area (Å²) in [6, 6.07) is -3.29. The van der Waals surface area contributed by atoms with Gasteiger partial charge in [-0.3, -0.25) is 19.2 Å². The van der Waals surface area contributed by atoms with Crippen LogP contribution in [0.15, 0.2) is 12.7 Å². The number of carbonyl (C=O) groups is 5. The molecular formula is C35H55N5O7S. The number of hydrogen-bond acceptors (Lipinski definition) is 7. The second-order valence-corrected chi connectivity index (χ2v) is 17.7. The first-order valence-electron chi connectivity index (χ1n) is 18.2. The minimum Gasteiger partial charge on any atom is -0.346 e. The van der Waals surface area contributed by atoms with Gasteiger partial charge in [0.25, 0.3) is 5.91 Å². The zero-order chi connectivity index (χ0) is 34.7. The van der Waals surface area contributed by atoms with E-state index in [0.29, 0.717) is 57.9 Å². The third-order valence-corrected chi connectivity index (χ3v) is 14.3. The van der Waals surface area contributed by atoms with E-state index in [0.717, 1.165) is 44.9 Å². The lowest BCUT2D eigenvalue weighted by molar-refractivity contribution is -0.144. The zero-order valence-electron chi connectivity index (χ0n) is 28.7. The summed E-state index contributed by atoms with van der Waals surface area (Å²) < 4.78 is 26.1. The predicted octanol–water partition coefficient (Wildman–Crippen LogP) is 2.91. The number of carbonyl (C=O) groups excluding carboxylic acids is 5. The van der Waals surface area contributed by atoms with Crippen LogP contribution in [0.5, 0.6) is 0 Å². The molecule has 5 fully saturated rings. The first-order chi connectivity index (χ1) is 22.8. The molecule has 0 spiro atoms. The zero-order valence-corrected chi connectivity index (χ0v) is 29.5. The van der Waals surface area contributed by atoms with Gasteiger partial charge in [-0.05, 0) is 55.8 Å². The summed E-state index contributed by atoms with van der Waals surface area (Å²) in [5.41, 5.74) is -1.04. The summed E-state index contributed by atoms with van der Waals surface area (Å²) >= 11 is 0. The topological polar surface area (TPSA) is 171 Å². The van der Waals surface area contributed by atoms with Crippen LogP contribution in [-0.2, 0) is 29.0 Å². The molecule has 13 heteroatoms. The van der Waals surface area contributed by atoms with Gasteiger partial charge in [-0.25, -0.2) is 13.2 Å². The van der Waals surface area contributed by atoms with Gasteiger partial charge in [-0.15, -0.1) is 6.58 Å². The Morgan fingerprint density at radius 1 is 0.938 bits per heavy atom. The third-order valence-electron chi connectivity index (χ3n) is 11.9. The summed E-state index contributed by atoms with van der Waals surface area (Å²) in [6.07, 6.45) is 12.0. The summed E-state index contributed by atoms with van der Waals surface area (Å²) in [5.74, 6) is -2.19. The van der Waals surface area contributed by atoms with Gasteiger partial charge < -0.3 is 26.2 Å². The molecule has 3 aliphatic heterocycles. The van der Waals surface area contributed by atoms with Crippen molar-refractivity contribution in [2.75, 3.05) is 18.8 Å². The number of fused-ring (bicyclic) bond motifs is 3. The molecular weight excluding hydrogens is 634 g/mol. The molecule has 0 aromatic rings. The largest absolute Gasteiger partial charge is 0.346 e. The maximum absolute atomic E-state index is 14.4. The van der Waals surface area contributed by atoms with Crippen LogP contribution >= 0.6 is 0 Å². The summed E-state index contributed by atoms with van der Waals surface area (Å²) in [4.78, 5) is 69.5. The van der Waals surface area contributed by atoms with Gasteiger partial charge in [-0.2, -0.15) is 0 Å². The molecule has 48 heavy (non-hydrogen) atoms. The molecule has 4 N–H and O–H groups in total. The minimum atomic E-state index is -3.34. The van der Waals surface area contributed by atoms with Crippen LogP contribution in [-0.4, -0.2) is 90.6 Å². The second-order valence-electron chi connectivity index (χ2n) is 15.4. The summed E-state index contributed by atoms with van der Waals surface area (Å²) in [6.45, 7) is 8.21. The van der Waals surface area contributed by atoms with E-state index in [1.54, 1.807) is 4.90 Å². The molecule has 0 radical (unpaired) electrons. The lowest BCUT2D eigenvalue weighted by Gasteiger charge is -2.42. The highest BCUT2D eigenvalue weighted by Crippen LogP contribution is 2.65. The van der Waals surface area contributed by atoms with E-state index >= 15 is 0 Å². The lowest BCUT2D eigenvalue weighted by atomic mass is 9.78. The number of urea groups is 1. The van der Waals surface area contributed by atoms with Crippen LogP contribution in [0, 0.1) is 17.3 Å². The molecule has 0 unspecified atom stereocenters. The molecule has 5 rings (SSSR count). The average Bonchev–Trinajstić information content (AvgIpc) is 3.36. The number of amides is 5. The highest BCUT2D eigenvalue weighted by Gasteiger charge is 2.69. The lowest BCUT2D eigenvalue weighted by Crippen LogP contribution is -2.63. The Balaban J connectivity index is 1.37. The van der Waals surface area contributed by atoms with E-state index in [1.807, 2.05) is 0 Å². The number of rotatable bonds is 7. The van der Waals surface area contributed by atoms with Crippen molar-refractivity contribution in [2.45, 2.75) is 139 Å². The van der Waals surface area contributed by atoms with Gasteiger partial charge in [0.05, 0.1) is 22.6 Å². The molecule has 0 bridgehead atoms. The Morgan fingerprint density at radius 2 is 1.58 bits per heavy atom. The van der Waals surface area contributed by atoms with Crippen molar-refractivity contribution in [3.05, 3.63) is 12.7 Å². The Labute approximate surface area is 285 Å². The van der Waals surface area contributed by atoms with Crippen LogP contribution < -0.4 is 21.3 Å². The summed E-state index contributed by atoms with van der Waals surface area (Å²) in [5, 5.41) is 10.8. The number of nitrogens with zero attached hydrogens (tertiary/aromatic N) is 1. The molecule has 3 heterocycles. The molecule has 5 amide bonds. The third kappa shape index (κ3) is 7.60. The predicted molar refractivity (Wildman–Crippen MR) is 181 cm³/mol.